The molecule has 92 valence electrons. The second kappa shape index (κ2) is 5.09. The zero-order valence-electron chi connectivity index (χ0n) is 9.96. The normalized spacial score (nSPS) is 17.1. The topological polar surface area (TPSA) is 75.3 Å². The minimum Gasteiger partial charge on any atom is -0.382 e. The van der Waals surface area contributed by atoms with E-state index in [2.05, 4.69) is 21.8 Å². The lowest BCUT2D eigenvalue weighted by Crippen LogP contribution is -2.48. The number of nitrogen functional groups attached to an aromatic ring is 1. The fourth-order valence-corrected chi connectivity index (χ4v) is 1.91. The Labute approximate surface area is 100 Å². The van der Waals surface area contributed by atoms with Crippen LogP contribution in [0.2, 0.25) is 0 Å². The number of likely N-dealkylation sites (N-methyl/N-ethyl adjacent to an activating group) is 1. The molecule has 6 nitrogen and oxygen atoms in total. The molecule has 6 heteroatoms. The Kier molecular flexibility index (Phi) is 3.53. The van der Waals surface area contributed by atoms with Gasteiger partial charge in [-0.1, -0.05) is 6.92 Å². The third-order valence-corrected chi connectivity index (χ3v) is 2.98. The summed E-state index contributed by atoms with van der Waals surface area (Å²) in [5.74, 6) is 0.198. The molecule has 0 saturated carbocycles. The quantitative estimate of drug-likeness (QED) is 0.770. The van der Waals surface area contributed by atoms with E-state index >= 15 is 0 Å². The molecule has 2 heterocycles. The molecule has 0 bridgehead atoms. The van der Waals surface area contributed by atoms with E-state index in [0.29, 0.717) is 5.69 Å². The van der Waals surface area contributed by atoms with Crippen LogP contribution in [-0.4, -0.2) is 58.4 Å². The monoisotopic (exact) mass is 235 g/mol. The lowest BCUT2D eigenvalue weighted by atomic mass is 10.3. The summed E-state index contributed by atoms with van der Waals surface area (Å²) in [6.07, 6.45) is 2.90. The number of carbonyl (C=O) groups excluding carboxylic acids is 1. The highest BCUT2D eigenvalue weighted by molar-refractivity contribution is 5.92. The maximum Gasteiger partial charge on any atom is 0.274 e. The van der Waals surface area contributed by atoms with Crippen molar-refractivity contribution in [3.63, 3.8) is 0 Å². The number of anilines is 1. The van der Waals surface area contributed by atoms with Crippen LogP contribution >= 0.6 is 0 Å². The Morgan fingerprint density at radius 2 is 2.06 bits per heavy atom. The first-order valence-corrected chi connectivity index (χ1v) is 5.80. The number of nitrogens with zero attached hydrogens (tertiary/aromatic N) is 4. The van der Waals surface area contributed by atoms with Gasteiger partial charge in [-0.05, 0) is 6.54 Å². The van der Waals surface area contributed by atoms with Crippen LogP contribution in [0.5, 0.6) is 0 Å². The number of amides is 1. The van der Waals surface area contributed by atoms with Crippen molar-refractivity contribution in [1.82, 2.24) is 19.8 Å². The van der Waals surface area contributed by atoms with Crippen molar-refractivity contribution in [2.75, 3.05) is 38.5 Å². The van der Waals surface area contributed by atoms with E-state index in [1.807, 2.05) is 0 Å². The highest BCUT2D eigenvalue weighted by Gasteiger charge is 2.22. The lowest BCUT2D eigenvalue weighted by Gasteiger charge is -2.33. The Bertz CT molecular complexity index is 401. The number of hydrogen-bond donors (Lipinski definition) is 1. The molecule has 0 radical (unpaired) electrons. The van der Waals surface area contributed by atoms with Crippen LogP contribution < -0.4 is 5.73 Å². The van der Waals surface area contributed by atoms with Gasteiger partial charge in [0.1, 0.15) is 11.5 Å². The minimum absolute atomic E-state index is 0.0828. The maximum absolute atomic E-state index is 12.1. The fourth-order valence-electron chi connectivity index (χ4n) is 1.91. The maximum atomic E-state index is 12.1. The Morgan fingerprint density at radius 1 is 1.35 bits per heavy atom. The number of piperazine rings is 1. The van der Waals surface area contributed by atoms with Crippen LogP contribution in [0.1, 0.15) is 17.4 Å². The molecule has 1 fully saturated rings. The standard InChI is InChI=1S/C11H17N5O/c1-2-15-3-5-16(6-4-15)11(17)9-7-13-8-10(12)14-9/h7-8H,2-6H2,1H3,(H2,12,14). The van der Waals surface area contributed by atoms with Crippen molar-refractivity contribution in [2.24, 2.45) is 0 Å². The molecular formula is C11H17N5O. The zero-order valence-corrected chi connectivity index (χ0v) is 9.96. The number of carbonyl (C=O) groups is 1. The van der Waals surface area contributed by atoms with E-state index in [-0.39, 0.29) is 11.7 Å². The van der Waals surface area contributed by atoms with E-state index < -0.39 is 0 Å². The van der Waals surface area contributed by atoms with E-state index in [0.717, 1.165) is 32.7 Å². The van der Waals surface area contributed by atoms with E-state index in [4.69, 9.17) is 5.73 Å². The molecule has 1 aromatic rings. The fraction of sp³-hybridized carbons (Fsp3) is 0.545. The number of rotatable bonds is 2. The molecule has 2 rings (SSSR count). The average Bonchev–Trinajstić information content (AvgIpc) is 2.38. The van der Waals surface area contributed by atoms with Crippen LogP contribution in [0.15, 0.2) is 12.4 Å². The third-order valence-electron chi connectivity index (χ3n) is 2.98. The number of aromatic nitrogens is 2. The summed E-state index contributed by atoms with van der Waals surface area (Å²) in [4.78, 5) is 24.1. The van der Waals surface area contributed by atoms with Crippen molar-refractivity contribution in [1.29, 1.82) is 0 Å². The summed E-state index contributed by atoms with van der Waals surface area (Å²) < 4.78 is 0. The van der Waals surface area contributed by atoms with Gasteiger partial charge in [0, 0.05) is 26.2 Å². The Balaban J connectivity index is 2.02. The molecule has 1 aromatic heterocycles. The first kappa shape index (κ1) is 11.8. The summed E-state index contributed by atoms with van der Waals surface area (Å²) in [6, 6.07) is 0. The van der Waals surface area contributed by atoms with E-state index in [9.17, 15) is 4.79 Å². The second-order valence-electron chi connectivity index (χ2n) is 4.06. The zero-order chi connectivity index (χ0) is 12.3. The predicted molar refractivity (Wildman–Crippen MR) is 64.5 cm³/mol. The highest BCUT2D eigenvalue weighted by Crippen LogP contribution is 2.07. The largest absolute Gasteiger partial charge is 0.382 e. The van der Waals surface area contributed by atoms with Crippen LogP contribution in [0.4, 0.5) is 5.82 Å². The smallest absolute Gasteiger partial charge is 0.274 e. The van der Waals surface area contributed by atoms with Crippen molar-refractivity contribution in [2.45, 2.75) is 6.92 Å². The lowest BCUT2D eigenvalue weighted by molar-refractivity contribution is 0.0637. The van der Waals surface area contributed by atoms with Gasteiger partial charge in [0.05, 0.1) is 12.4 Å². The van der Waals surface area contributed by atoms with Crippen molar-refractivity contribution < 1.29 is 4.79 Å². The van der Waals surface area contributed by atoms with Gasteiger partial charge < -0.3 is 15.5 Å². The summed E-state index contributed by atoms with van der Waals surface area (Å²) in [5, 5.41) is 0. The van der Waals surface area contributed by atoms with Crippen molar-refractivity contribution in [3.8, 4) is 0 Å². The van der Waals surface area contributed by atoms with Crippen molar-refractivity contribution in [3.05, 3.63) is 18.1 Å². The summed E-state index contributed by atoms with van der Waals surface area (Å²) in [6.45, 7) is 6.46. The molecule has 0 unspecified atom stereocenters. The molecule has 2 N–H and O–H groups in total. The number of hydrogen-bond acceptors (Lipinski definition) is 5. The van der Waals surface area contributed by atoms with Gasteiger partial charge in [-0.25, -0.2) is 4.98 Å². The Hall–Kier alpha value is -1.69. The summed E-state index contributed by atoms with van der Waals surface area (Å²) in [7, 11) is 0. The van der Waals surface area contributed by atoms with Gasteiger partial charge in [-0.15, -0.1) is 0 Å². The third kappa shape index (κ3) is 2.71. The van der Waals surface area contributed by atoms with E-state index in [1.54, 1.807) is 4.90 Å². The molecule has 0 aliphatic carbocycles. The minimum atomic E-state index is -0.0828. The molecule has 1 amide bonds. The van der Waals surface area contributed by atoms with Gasteiger partial charge >= 0.3 is 0 Å². The van der Waals surface area contributed by atoms with Gasteiger partial charge in [-0.3, -0.25) is 9.78 Å². The molecule has 17 heavy (non-hydrogen) atoms. The first-order chi connectivity index (χ1) is 8.20. The van der Waals surface area contributed by atoms with Crippen LogP contribution in [0.25, 0.3) is 0 Å². The Morgan fingerprint density at radius 3 is 2.65 bits per heavy atom. The molecule has 1 aliphatic heterocycles. The first-order valence-electron chi connectivity index (χ1n) is 5.80. The van der Waals surface area contributed by atoms with Crippen LogP contribution in [-0.2, 0) is 0 Å². The van der Waals surface area contributed by atoms with Gasteiger partial charge in [0.2, 0.25) is 0 Å². The van der Waals surface area contributed by atoms with Crippen molar-refractivity contribution >= 4 is 11.7 Å². The summed E-state index contributed by atoms with van der Waals surface area (Å²) >= 11 is 0. The highest BCUT2D eigenvalue weighted by atomic mass is 16.2. The average molecular weight is 235 g/mol. The second-order valence-corrected chi connectivity index (χ2v) is 4.06. The molecule has 0 atom stereocenters. The SMILES string of the molecule is CCN1CCN(C(=O)c2cncc(N)n2)CC1. The molecule has 1 aliphatic rings. The molecule has 0 spiro atoms. The van der Waals surface area contributed by atoms with Crippen LogP contribution in [0.3, 0.4) is 0 Å². The molecular weight excluding hydrogens is 218 g/mol. The van der Waals surface area contributed by atoms with Gasteiger partial charge in [0.15, 0.2) is 0 Å². The molecule has 0 aromatic carbocycles. The predicted octanol–water partition coefficient (Wildman–Crippen LogP) is -0.163. The van der Waals surface area contributed by atoms with E-state index in [1.165, 1.54) is 12.4 Å². The molecule has 1 saturated heterocycles. The van der Waals surface area contributed by atoms with Gasteiger partial charge in [-0.2, -0.15) is 0 Å². The van der Waals surface area contributed by atoms with Crippen LogP contribution in [0, 0.1) is 0 Å². The number of nitrogens with two attached hydrogens (primary N) is 1. The summed E-state index contributed by atoms with van der Waals surface area (Å²) in [5.41, 5.74) is 5.85. The van der Waals surface area contributed by atoms with Gasteiger partial charge in [0.25, 0.3) is 5.91 Å².